The van der Waals surface area contributed by atoms with Crippen molar-refractivity contribution in [3.05, 3.63) is 22.7 Å². The molecule has 1 heterocycles. The van der Waals surface area contributed by atoms with Crippen LogP contribution >= 0.6 is 11.6 Å². The van der Waals surface area contributed by atoms with E-state index < -0.39 is 5.91 Å². The third-order valence-electron chi connectivity index (χ3n) is 3.72. The van der Waals surface area contributed by atoms with E-state index >= 15 is 0 Å². The van der Waals surface area contributed by atoms with Crippen LogP contribution in [0.1, 0.15) is 30.1 Å². The topological polar surface area (TPSA) is 90.4 Å². The van der Waals surface area contributed by atoms with E-state index in [9.17, 15) is 4.79 Å². The zero-order chi connectivity index (χ0) is 14.7. The lowest BCUT2D eigenvalue weighted by Gasteiger charge is -2.30. The second-order valence-corrected chi connectivity index (χ2v) is 5.58. The average Bonchev–Trinajstić information content (AvgIpc) is 2.42. The summed E-state index contributed by atoms with van der Waals surface area (Å²) in [4.78, 5) is 11.5. The van der Waals surface area contributed by atoms with Crippen LogP contribution in [0.5, 0.6) is 0 Å². The summed E-state index contributed by atoms with van der Waals surface area (Å²) in [7, 11) is 0. The molecule has 20 heavy (non-hydrogen) atoms. The van der Waals surface area contributed by atoms with Crippen LogP contribution in [-0.2, 0) is 4.74 Å². The van der Waals surface area contributed by atoms with E-state index in [0.717, 1.165) is 26.1 Å². The van der Waals surface area contributed by atoms with E-state index in [1.54, 1.807) is 12.1 Å². The maximum absolute atomic E-state index is 11.5. The molecule has 1 aliphatic rings. The lowest BCUT2D eigenvalue weighted by molar-refractivity contribution is 0.0622. The molecule has 0 saturated carbocycles. The molecule has 1 saturated heterocycles. The van der Waals surface area contributed by atoms with Crippen molar-refractivity contribution in [3.8, 4) is 0 Å². The molecule has 6 heteroatoms. The van der Waals surface area contributed by atoms with Crippen molar-refractivity contribution >= 4 is 28.9 Å². The molecule has 0 bridgehead atoms. The molecule has 1 amide bonds. The van der Waals surface area contributed by atoms with Gasteiger partial charge in [0.25, 0.3) is 5.91 Å². The SMILES string of the molecule is CC(Nc1c(Cl)cc(N)cc1C(N)=O)C1CCOCC1. The van der Waals surface area contributed by atoms with Gasteiger partial charge in [-0.3, -0.25) is 4.79 Å². The first kappa shape index (κ1) is 14.9. The minimum atomic E-state index is -0.541. The number of benzene rings is 1. The van der Waals surface area contributed by atoms with Crippen LogP contribution in [0, 0.1) is 5.92 Å². The van der Waals surface area contributed by atoms with Gasteiger partial charge < -0.3 is 21.5 Å². The Kier molecular flexibility index (Phi) is 4.73. The maximum Gasteiger partial charge on any atom is 0.250 e. The van der Waals surface area contributed by atoms with Crippen molar-refractivity contribution in [2.24, 2.45) is 11.7 Å². The van der Waals surface area contributed by atoms with Crippen LogP contribution in [0.2, 0.25) is 5.02 Å². The van der Waals surface area contributed by atoms with Crippen LogP contribution in [0.15, 0.2) is 12.1 Å². The lowest BCUT2D eigenvalue weighted by atomic mass is 9.92. The predicted octanol–water partition coefficient (Wildman–Crippen LogP) is 2.25. The molecule has 1 aliphatic heterocycles. The van der Waals surface area contributed by atoms with Crippen molar-refractivity contribution in [2.75, 3.05) is 24.3 Å². The fraction of sp³-hybridized carbons (Fsp3) is 0.500. The fourth-order valence-corrected chi connectivity index (χ4v) is 2.81. The molecular formula is C14H20ClN3O2. The molecule has 1 unspecified atom stereocenters. The summed E-state index contributed by atoms with van der Waals surface area (Å²) in [5, 5.41) is 3.73. The maximum atomic E-state index is 11.5. The summed E-state index contributed by atoms with van der Waals surface area (Å²) < 4.78 is 5.36. The fourth-order valence-electron chi connectivity index (χ4n) is 2.53. The summed E-state index contributed by atoms with van der Waals surface area (Å²) >= 11 is 6.19. The second kappa shape index (κ2) is 6.33. The summed E-state index contributed by atoms with van der Waals surface area (Å²) in [6.45, 7) is 3.62. The van der Waals surface area contributed by atoms with Gasteiger partial charge >= 0.3 is 0 Å². The van der Waals surface area contributed by atoms with E-state index in [1.165, 1.54) is 0 Å². The molecule has 0 spiro atoms. The van der Waals surface area contributed by atoms with Crippen LogP contribution < -0.4 is 16.8 Å². The van der Waals surface area contributed by atoms with Gasteiger partial charge in [-0.15, -0.1) is 0 Å². The molecule has 110 valence electrons. The van der Waals surface area contributed by atoms with Gasteiger partial charge in [0, 0.05) is 24.9 Å². The molecule has 5 N–H and O–H groups in total. The average molecular weight is 298 g/mol. The quantitative estimate of drug-likeness (QED) is 0.743. The number of rotatable bonds is 4. The summed E-state index contributed by atoms with van der Waals surface area (Å²) in [5.41, 5.74) is 12.4. The number of halogens is 1. The first-order chi connectivity index (χ1) is 9.49. The molecule has 1 aromatic carbocycles. The van der Waals surface area contributed by atoms with Gasteiger partial charge in [0.1, 0.15) is 0 Å². The van der Waals surface area contributed by atoms with Crippen LogP contribution in [0.25, 0.3) is 0 Å². The molecule has 0 aliphatic carbocycles. The third kappa shape index (κ3) is 3.35. The number of hydrogen-bond donors (Lipinski definition) is 3. The molecule has 1 atom stereocenters. The highest BCUT2D eigenvalue weighted by Crippen LogP contribution is 2.31. The molecule has 0 aromatic heterocycles. The normalized spacial score (nSPS) is 17.7. The largest absolute Gasteiger partial charge is 0.399 e. The number of nitrogens with one attached hydrogen (secondary N) is 1. The number of primary amides is 1. The number of anilines is 2. The van der Waals surface area contributed by atoms with Crippen LogP contribution in [-0.4, -0.2) is 25.2 Å². The Morgan fingerprint density at radius 1 is 1.45 bits per heavy atom. The second-order valence-electron chi connectivity index (χ2n) is 5.17. The summed E-state index contributed by atoms with van der Waals surface area (Å²) in [5.74, 6) is -0.0565. The number of carbonyl (C=O) groups is 1. The smallest absolute Gasteiger partial charge is 0.250 e. The molecular weight excluding hydrogens is 278 g/mol. The predicted molar refractivity (Wildman–Crippen MR) is 81.0 cm³/mol. The molecule has 1 fully saturated rings. The highest BCUT2D eigenvalue weighted by atomic mass is 35.5. The molecule has 0 radical (unpaired) electrons. The highest BCUT2D eigenvalue weighted by Gasteiger charge is 2.23. The first-order valence-corrected chi connectivity index (χ1v) is 7.10. The van der Waals surface area contributed by atoms with E-state index in [2.05, 4.69) is 12.2 Å². The van der Waals surface area contributed by atoms with Gasteiger partial charge in [0.05, 0.1) is 16.3 Å². The number of carbonyl (C=O) groups excluding carboxylic acids is 1. The van der Waals surface area contributed by atoms with Crippen LogP contribution in [0.3, 0.4) is 0 Å². The van der Waals surface area contributed by atoms with Gasteiger partial charge in [0.2, 0.25) is 0 Å². The van der Waals surface area contributed by atoms with Crippen molar-refractivity contribution in [1.82, 2.24) is 0 Å². The van der Waals surface area contributed by atoms with Gasteiger partial charge in [-0.1, -0.05) is 11.6 Å². The standard InChI is InChI=1S/C14H20ClN3O2/c1-8(9-2-4-20-5-3-9)18-13-11(14(17)19)6-10(16)7-12(13)15/h6-9,18H,2-5,16H2,1H3,(H2,17,19). The number of nitrogens with two attached hydrogens (primary N) is 2. The highest BCUT2D eigenvalue weighted by molar-refractivity contribution is 6.34. The Morgan fingerprint density at radius 3 is 2.70 bits per heavy atom. The lowest BCUT2D eigenvalue weighted by Crippen LogP contribution is -2.32. The van der Waals surface area contributed by atoms with Crippen molar-refractivity contribution in [3.63, 3.8) is 0 Å². The van der Waals surface area contributed by atoms with E-state index in [0.29, 0.717) is 27.9 Å². The van der Waals surface area contributed by atoms with Crippen molar-refractivity contribution in [1.29, 1.82) is 0 Å². The summed E-state index contributed by atoms with van der Waals surface area (Å²) in [6.07, 6.45) is 1.99. The van der Waals surface area contributed by atoms with E-state index in [-0.39, 0.29) is 6.04 Å². The molecule has 2 rings (SSSR count). The Morgan fingerprint density at radius 2 is 2.10 bits per heavy atom. The van der Waals surface area contributed by atoms with E-state index in [1.807, 2.05) is 0 Å². The Balaban J connectivity index is 2.21. The van der Waals surface area contributed by atoms with Crippen molar-refractivity contribution in [2.45, 2.75) is 25.8 Å². The van der Waals surface area contributed by atoms with E-state index in [4.69, 9.17) is 27.8 Å². The number of hydrogen-bond acceptors (Lipinski definition) is 4. The minimum Gasteiger partial charge on any atom is -0.399 e. The number of ether oxygens (including phenoxy) is 1. The van der Waals surface area contributed by atoms with Gasteiger partial charge in [-0.2, -0.15) is 0 Å². The minimum absolute atomic E-state index is 0.179. The molecule has 5 nitrogen and oxygen atoms in total. The Labute approximate surface area is 123 Å². The van der Waals surface area contributed by atoms with Crippen LogP contribution in [0.4, 0.5) is 11.4 Å². The first-order valence-electron chi connectivity index (χ1n) is 6.72. The van der Waals surface area contributed by atoms with Crippen molar-refractivity contribution < 1.29 is 9.53 Å². The summed E-state index contributed by atoms with van der Waals surface area (Å²) in [6, 6.07) is 3.35. The Bertz CT molecular complexity index is 501. The molecule has 1 aromatic rings. The van der Waals surface area contributed by atoms with Gasteiger partial charge in [-0.25, -0.2) is 0 Å². The third-order valence-corrected chi connectivity index (χ3v) is 4.02. The van der Waals surface area contributed by atoms with Gasteiger partial charge in [-0.05, 0) is 37.8 Å². The zero-order valence-corrected chi connectivity index (χ0v) is 12.2. The Hall–Kier alpha value is -1.46. The monoisotopic (exact) mass is 297 g/mol. The van der Waals surface area contributed by atoms with Gasteiger partial charge in [0.15, 0.2) is 0 Å². The number of nitrogen functional groups attached to an aromatic ring is 1. The number of amides is 1. The zero-order valence-electron chi connectivity index (χ0n) is 11.5.